The first-order valence-corrected chi connectivity index (χ1v) is 18.3. The Labute approximate surface area is 307 Å². The van der Waals surface area contributed by atoms with Crippen LogP contribution in [-0.4, -0.2) is 0 Å². The maximum absolute atomic E-state index is 6.66. The van der Waals surface area contributed by atoms with E-state index in [9.17, 15) is 0 Å². The Morgan fingerprint density at radius 3 is 1.58 bits per heavy atom. The molecular formula is C51H33NO. The second kappa shape index (κ2) is 11.6. The molecule has 1 aliphatic carbocycles. The number of aryl methyl sites for hydroxylation is 1. The van der Waals surface area contributed by atoms with Crippen LogP contribution in [0.15, 0.2) is 186 Å². The quantitative estimate of drug-likeness (QED) is 0.181. The van der Waals surface area contributed by atoms with Gasteiger partial charge in [0, 0.05) is 22.1 Å². The lowest BCUT2D eigenvalue weighted by atomic mass is 9.70. The molecule has 0 bridgehead atoms. The standard InChI is InChI=1S/C51H33NO/c1-32-25-28-42-39-21-13-14-24-45(39)53-51(42)50(32)52(37-19-9-4-10-20-37)38-27-26-35-30-43-44(31-36(35)29-38)49-47(34-17-7-3-8-18-34)41-23-12-11-22-40(41)46(48(43)49)33-15-5-2-6-16-33/h2-31H,1H3. The third-order valence-electron chi connectivity index (χ3n) is 11.1. The lowest BCUT2D eigenvalue weighted by Gasteiger charge is -2.33. The second-order valence-corrected chi connectivity index (χ2v) is 14.1. The van der Waals surface area contributed by atoms with Gasteiger partial charge in [0.1, 0.15) is 5.58 Å². The second-order valence-electron chi connectivity index (χ2n) is 14.1. The topological polar surface area (TPSA) is 16.4 Å². The fourth-order valence-electron chi connectivity index (χ4n) is 8.70. The summed E-state index contributed by atoms with van der Waals surface area (Å²) in [5, 5.41) is 7.24. The highest BCUT2D eigenvalue weighted by atomic mass is 16.3. The Hall–Kier alpha value is -6.90. The monoisotopic (exact) mass is 675 g/mol. The molecule has 2 nitrogen and oxygen atoms in total. The molecule has 9 aromatic carbocycles. The normalized spacial score (nSPS) is 11.9. The van der Waals surface area contributed by atoms with Gasteiger partial charge in [0.25, 0.3) is 0 Å². The SMILES string of the molecule is Cc1ccc2c(oc3ccccc32)c1N(c1ccccc1)c1ccc2cc3c(cc2c1)-c1c-3c(-c2ccccc2)c2ccccc2c1-c1ccccc1. The van der Waals surface area contributed by atoms with Crippen LogP contribution in [0.1, 0.15) is 5.56 Å². The summed E-state index contributed by atoms with van der Waals surface area (Å²) in [6.45, 7) is 2.18. The van der Waals surface area contributed by atoms with Crippen LogP contribution in [0, 0.1) is 6.92 Å². The van der Waals surface area contributed by atoms with Crippen LogP contribution in [0.3, 0.4) is 0 Å². The van der Waals surface area contributed by atoms with Gasteiger partial charge >= 0.3 is 0 Å². The number of para-hydroxylation sites is 2. The maximum atomic E-state index is 6.66. The number of furan rings is 1. The molecule has 0 saturated carbocycles. The molecule has 2 heteroatoms. The van der Waals surface area contributed by atoms with Gasteiger partial charge in [0.2, 0.25) is 0 Å². The van der Waals surface area contributed by atoms with Gasteiger partial charge in [-0.15, -0.1) is 0 Å². The molecule has 0 spiro atoms. The fourth-order valence-corrected chi connectivity index (χ4v) is 8.70. The Morgan fingerprint density at radius 2 is 0.943 bits per heavy atom. The van der Waals surface area contributed by atoms with Crippen molar-refractivity contribution in [2.24, 2.45) is 0 Å². The summed E-state index contributed by atoms with van der Waals surface area (Å²) in [6, 6.07) is 65.8. The van der Waals surface area contributed by atoms with E-state index in [1.165, 1.54) is 66.1 Å². The van der Waals surface area contributed by atoms with Gasteiger partial charge in [-0.2, -0.15) is 0 Å². The van der Waals surface area contributed by atoms with Crippen molar-refractivity contribution in [1.82, 2.24) is 0 Å². The summed E-state index contributed by atoms with van der Waals surface area (Å²) >= 11 is 0. The Morgan fingerprint density at radius 1 is 0.396 bits per heavy atom. The Bertz CT molecular complexity index is 3050. The molecule has 0 unspecified atom stereocenters. The minimum absolute atomic E-state index is 0.897. The first-order chi connectivity index (χ1) is 26.2. The van der Waals surface area contributed by atoms with Crippen LogP contribution < -0.4 is 4.90 Å². The molecule has 0 amide bonds. The number of benzene rings is 9. The van der Waals surface area contributed by atoms with E-state index in [0.29, 0.717) is 0 Å². The van der Waals surface area contributed by atoms with Gasteiger partial charge in [0.05, 0.1) is 5.69 Å². The minimum atomic E-state index is 0.897. The molecule has 1 aromatic heterocycles. The van der Waals surface area contributed by atoms with Crippen molar-refractivity contribution in [2.75, 3.05) is 4.90 Å². The van der Waals surface area contributed by atoms with Gasteiger partial charge in [-0.1, -0.05) is 140 Å². The Balaban J connectivity index is 1.16. The zero-order chi connectivity index (χ0) is 35.0. The zero-order valence-corrected chi connectivity index (χ0v) is 29.2. The molecule has 0 fully saturated rings. The van der Waals surface area contributed by atoms with Crippen LogP contribution in [-0.2, 0) is 0 Å². The molecule has 10 aromatic rings. The van der Waals surface area contributed by atoms with Crippen molar-refractivity contribution in [2.45, 2.75) is 6.92 Å². The first-order valence-electron chi connectivity index (χ1n) is 18.3. The van der Waals surface area contributed by atoms with E-state index in [1.54, 1.807) is 0 Å². The molecule has 248 valence electrons. The van der Waals surface area contributed by atoms with Gasteiger partial charge in [-0.25, -0.2) is 0 Å². The van der Waals surface area contributed by atoms with Gasteiger partial charge in [0.15, 0.2) is 5.58 Å². The van der Waals surface area contributed by atoms with Crippen LogP contribution in [0.2, 0.25) is 0 Å². The number of fused-ring (bicyclic) bond motifs is 9. The molecule has 53 heavy (non-hydrogen) atoms. The predicted octanol–water partition coefficient (Wildman–Crippen LogP) is 14.7. The molecule has 0 atom stereocenters. The fraction of sp³-hybridized carbons (Fsp3) is 0.0196. The molecular weight excluding hydrogens is 643 g/mol. The van der Waals surface area contributed by atoms with E-state index in [4.69, 9.17) is 4.42 Å². The molecule has 1 aliphatic rings. The summed E-state index contributed by atoms with van der Waals surface area (Å²) in [5.74, 6) is 0. The van der Waals surface area contributed by atoms with Gasteiger partial charge in [-0.05, 0) is 121 Å². The smallest absolute Gasteiger partial charge is 0.159 e. The summed E-state index contributed by atoms with van der Waals surface area (Å²) in [4.78, 5) is 2.36. The lowest BCUT2D eigenvalue weighted by molar-refractivity contribution is 0.668. The van der Waals surface area contributed by atoms with Crippen LogP contribution in [0.25, 0.3) is 88.0 Å². The Kier molecular flexibility index (Phi) is 6.50. The molecule has 0 N–H and O–H groups in total. The molecule has 0 radical (unpaired) electrons. The van der Waals surface area contributed by atoms with E-state index < -0.39 is 0 Å². The highest BCUT2D eigenvalue weighted by molar-refractivity contribution is 6.26. The van der Waals surface area contributed by atoms with Gasteiger partial charge < -0.3 is 9.32 Å². The van der Waals surface area contributed by atoms with Crippen LogP contribution in [0.4, 0.5) is 17.1 Å². The predicted molar refractivity (Wildman–Crippen MR) is 223 cm³/mol. The largest absolute Gasteiger partial charge is 0.454 e. The third kappa shape index (κ3) is 4.46. The third-order valence-corrected chi connectivity index (χ3v) is 11.1. The van der Waals surface area contributed by atoms with Crippen molar-refractivity contribution in [3.63, 3.8) is 0 Å². The van der Waals surface area contributed by atoms with Crippen LogP contribution >= 0.6 is 0 Å². The van der Waals surface area contributed by atoms with E-state index in [0.717, 1.165) is 44.6 Å². The number of hydrogen-bond acceptors (Lipinski definition) is 2. The highest BCUT2D eigenvalue weighted by Crippen LogP contribution is 2.60. The number of hydrogen-bond donors (Lipinski definition) is 0. The summed E-state index contributed by atoms with van der Waals surface area (Å²) in [6.07, 6.45) is 0. The first kappa shape index (κ1) is 29.8. The summed E-state index contributed by atoms with van der Waals surface area (Å²) in [7, 11) is 0. The average Bonchev–Trinajstić information content (AvgIpc) is 3.60. The number of rotatable bonds is 5. The van der Waals surface area contributed by atoms with Crippen molar-refractivity contribution in [3.8, 4) is 44.5 Å². The van der Waals surface area contributed by atoms with Crippen molar-refractivity contribution in [3.05, 3.63) is 188 Å². The minimum Gasteiger partial charge on any atom is -0.454 e. The molecule has 11 rings (SSSR count). The zero-order valence-electron chi connectivity index (χ0n) is 29.2. The summed E-state index contributed by atoms with van der Waals surface area (Å²) in [5.41, 5.74) is 16.6. The molecule has 0 aliphatic heterocycles. The lowest BCUT2D eigenvalue weighted by Crippen LogP contribution is -2.12. The average molecular weight is 676 g/mol. The van der Waals surface area contributed by atoms with Crippen molar-refractivity contribution in [1.29, 1.82) is 0 Å². The highest BCUT2D eigenvalue weighted by Gasteiger charge is 2.33. The number of nitrogens with zero attached hydrogens (tertiary/aromatic N) is 1. The summed E-state index contributed by atoms with van der Waals surface area (Å²) < 4.78 is 6.66. The van der Waals surface area contributed by atoms with Gasteiger partial charge in [-0.3, -0.25) is 0 Å². The molecule has 0 saturated heterocycles. The van der Waals surface area contributed by atoms with E-state index in [-0.39, 0.29) is 0 Å². The van der Waals surface area contributed by atoms with Crippen molar-refractivity contribution < 1.29 is 4.42 Å². The van der Waals surface area contributed by atoms with E-state index in [1.807, 2.05) is 6.07 Å². The maximum Gasteiger partial charge on any atom is 0.159 e. The van der Waals surface area contributed by atoms with E-state index >= 15 is 0 Å². The van der Waals surface area contributed by atoms with Crippen LogP contribution in [0.5, 0.6) is 0 Å². The van der Waals surface area contributed by atoms with Crippen molar-refractivity contribution >= 4 is 60.5 Å². The molecule has 1 heterocycles. The number of anilines is 3. The van der Waals surface area contributed by atoms with E-state index in [2.05, 4.69) is 188 Å².